The molecule has 7 heteroatoms. The number of fused-ring (bicyclic) bond motifs is 1. The highest BCUT2D eigenvalue weighted by Gasteiger charge is 2.33. The Hall–Kier alpha value is -2.87. The lowest BCUT2D eigenvalue weighted by molar-refractivity contribution is -0.138. The summed E-state index contributed by atoms with van der Waals surface area (Å²) in [5, 5.41) is 1.66. The smallest absolute Gasteiger partial charge is 0.241 e. The highest BCUT2D eigenvalue weighted by atomic mass is 32.2. The fraction of sp³-hybridized carbons (Fsp3) is 0.250. The number of nitrogens with two attached hydrogens (primary N) is 1. The van der Waals surface area contributed by atoms with E-state index in [4.69, 9.17) is 5.73 Å². The van der Waals surface area contributed by atoms with Gasteiger partial charge in [0, 0.05) is 0 Å². The van der Waals surface area contributed by atoms with Crippen molar-refractivity contribution in [3.63, 3.8) is 0 Å². The second-order valence-corrected chi connectivity index (χ2v) is 9.58. The van der Waals surface area contributed by atoms with Crippen LogP contribution in [-0.4, -0.2) is 32.1 Å². The van der Waals surface area contributed by atoms with Crippen LogP contribution in [0.1, 0.15) is 19.4 Å². The van der Waals surface area contributed by atoms with Gasteiger partial charge in [-0.05, 0) is 40.8 Å². The zero-order valence-electron chi connectivity index (χ0n) is 17.5. The monoisotopic (exact) mass is 438 g/mol. The van der Waals surface area contributed by atoms with Crippen LogP contribution in [0, 0.1) is 5.92 Å². The molecule has 6 nitrogen and oxygen atoms in total. The Morgan fingerprint density at radius 1 is 0.871 bits per heavy atom. The molecule has 0 fully saturated rings. The van der Waals surface area contributed by atoms with Crippen LogP contribution < -0.4 is 10.5 Å². The maximum atomic E-state index is 13.1. The number of benzene rings is 3. The van der Waals surface area contributed by atoms with E-state index in [2.05, 4.69) is 4.72 Å². The Balaban J connectivity index is 1.93. The third-order valence-electron chi connectivity index (χ3n) is 5.19. The minimum Gasteiger partial charge on any atom is -0.321 e. The SMILES string of the molecule is CC(C)[C@H](N)C(=O)C(=O)[C@H](Cc1ccccc1)NS(=O)(=O)c1ccc2ccccc2c1. The van der Waals surface area contributed by atoms with E-state index in [0.29, 0.717) is 0 Å². The van der Waals surface area contributed by atoms with Crippen molar-refractivity contribution in [2.75, 3.05) is 0 Å². The molecule has 0 aliphatic rings. The van der Waals surface area contributed by atoms with Crippen LogP contribution in [0.5, 0.6) is 0 Å². The van der Waals surface area contributed by atoms with E-state index in [1.54, 1.807) is 50.2 Å². The molecule has 0 bridgehead atoms. The summed E-state index contributed by atoms with van der Waals surface area (Å²) < 4.78 is 28.6. The predicted molar refractivity (Wildman–Crippen MR) is 121 cm³/mol. The van der Waals surface area contributed by atoms with Crippen molar-refractivity contribution in [3.8, 4) is 0 Å². The summed E-state index contributed by atoms with van der Waals surface area (Å²) in [6.45, 7) is 3.47. The number of sulfonamides is 1. The summed E-state index contributed by atoms with van der Waals surface area (Å²) in [5.74, 6) is -1.86. The van der Waals surface area contributed by atoms with Crippen LogP contribution in [0.4, 0.5) is 0 Å². The van der Waals surface area contributed by atoms with Gasteiger partial charge in [-0.3, -0.25) is 9.59 Å². The number of carbonyl (C=O) groups is 2. The molecule has 31 heavy (non-hydrogen) atoms. The van der Waals surface area contributed by atoms with E-state index in [0.717, 1.165) is 16.3 Å². The largest absolute Gasteiger partial charge is 0.321 e. The first-order valence-electron chi connectivity index (χ1n) is 10.1. The summed E-state index contributed by atoms with van der Waals surface area (Å²) in [6, 6.07) is 18.8. The van der Waals surface area contributed by atoms with Gasteiger partial charge in [0.1, 0.15) is 0 Å². The van der Waals surface area contributed by atoms with E-state index in [-0.39, 0.29) is 17.2 Å². The van der Waals surface area contributed by atoms with E-state index < -0.39 is 33.7 Å². The molecule has 0 saturated heterocycles. The van der Waals surface area contributed by atoms with E-state index in [9.17, 15) is 18.0 Å². The van der Waals surface area contributed by atoms with Crippen LogP contribution >= 0.6 is 0 Å². The number of rotatable bonds is 9. The third kappa shape index (κ3) is 5.44. The van der Waals surface area contributed by atoms with Crippen LogP contribution in [0.15, 0.2) is 77.7 Å². The standard InChI is InChI=1S/C24H26N2O4S/c1-16(2)22(25)24(28)23(27)21(14-17-8-4-3-5-9-17)26-31(29,30)20-13-12-18-10-6-7-11-19(18)15-20/h3-13,15-16,21-22,26H,14,25H2,1-2H3/t21-,22-/m0/s1. The van der Waals surface area contributed by atoms with Crippen LogP contribution in [0.2, 0.25) is 0 Å². The molecule has 3 N–H and O–H groups in total. The van der Waals surface area contributed by atoms with E-state index in [1.165, 1.54) is 6.07 Å². The Labute approximate surface area is 182 Å². The van der Waals surface area contributed by atoms with Crippen LogP contribution in [0.25, 0.3) is 10.8 Å². The summed E-state index contributed by atoms with van der Waals surface area (Å²) in [4.78, 5) is 25.6. The molecule has 2 atom stereocenters. The van der Waals surface area contributed by atoms with Gasteiger partial charge in [-0.15, -0.1) is 0 Å². The Bertz CT molecular complexity index is 1190. The lowest BCUT2D eigenvalue weighted by Gasteiger charge is -2.20. The molecular weight excluding hydrogens is 412 g/mol. The number of hydrogen-bond donors (Lipinski definition) is 2. The first-order chi connectivity index (χ1) is 14.7. The zero-order chi connectivity index (χ0) is 22.6. The first-order valence-corrected chi connectivity index (χ1v) is 11.6. The predicted octanol–water partition coefficient (Wildman–Crippen LogP) is 2.85. The Morgan fingerprint density at radius 2 is 1.48 bits per heavy atom. The van der Waals surface area contributed by atoms with Crippen molar-refractivity contribution in [1.29, 1.82) is 0 Å². The molecule has 0 aliphatic carbocycles. The Morgan fingerprint density at radius 3 is 2.13 bits per heavy atom. The van der Waals surface area contributed by atoms with Crippen molar-refractivity contribution in [3.05, 3.63) is 78.4 Å². The van der Waals surface area contributed by atoms with Gasteiger partial charge in [0.2, 0.25) is 21.6 Å². The van der Waals surface area contributed by atoms with Crippen molar-refractivity contribution in [1.82, 2.24) is 4.72 Å². The molecule has 0 unspecified atom stereocenters. The quantitative estimate of drug-likeness (QED) is 0.500. The molecule has 3 rings (SSSR count). The van der Waals surface area contributed by atoms with Gasteiger partial charge >= 0.3 is 0 Å². The number of carbonyl (C=O) groups excluding carboxylic acids is 2. The molecule has 0 saturated carbocycles. The lowest BCUT2D eigenvalue weighted by atomic mass is 9.93. The summed E-state index contributed by atoms with van der Waals surface area (Å²) in [6.07, 6.45) is 0.0447. The van der Waals surface area contributed by atoms with Gasteiger partial charge in [0.05, 0.1) is 17.0 Å². The average molecular weight is 439 g/mol. The van der Waals surface area contributed by atoms with Crippen LogP contribution in [-0.2, 0) is 26.0 Å². The maximum Gasteiger partial charge on any atom is 0.241 e. The average Bonchev–Trinajstić information content (AvgIpc) is 2.77. The van der Waals surface area contributed by atoms with Gasteiger partial charge < -0.3 is 5.73 Å². The minimum absolute atomic E-state index is 0.0256. The molecule has 0 heterocycles. The second kappa shape index (κ2) is 9.51. The molecule has 0 amide bonds. The number of ketones is 2. The van der Waals surface area contributed by atoms with Crippen molar-refractivity contribution >= 4 is 32.4 Å². The fourth-order valence-electron chi connectivity index (χ4n) is 3.27. The molecule has 162 valence electrons. The summed E-state index contributed by atoms with van der Waals surface area (Å²) >= 11 is 0. The van der Waals surface area contributed by atoms with Crippen molar-refractivity contribution in [2.24, 2.45) is 11.7 Å². The molecule has 0 radical (unpaired) electrons. The minimum atomic E-state index is -4.06. The van der Waals surface area contributed by atoms with E-state index in [1.807, 2.05) is 30.3 Å². The molecule has 0 spiro atoms. The summed E-state index contributed by atoms with van der Waals surface area (Å²) in [5.41, 5.74) is 6.61. The van der Waals surface area contributed by atoms with Crippen molar-refractivity contribution in [2.45, 2.75) is 37.2 Å². The summed E-state index contributed by atoms with van der Waals surface area (Å²) in [7, 11) is -4.06. The lowest BCUT2D eigenvalue weighted by Crippen LogP contribution is -2.50. The number of nitrogens with one attached hydrogen (secondary N) is 1. The topological polar surface area (TPSA) is 106 Å². The fourth-order valence-corrected chi connectivity index (χ4v) is 4.50. The Kier molecular flexibility index (Phi) is 7.00. The van der Waals surface area contributed by atoms with Gasteiger partial charge in [-0.2, -0.15) is 4.72 Å². The normalized spacial score (nSPS) is 13.8. The molecular formula is C24H26N2O4S. The molecule has 0 aliphatic heterocycles. The molecule has 3 aromatic rings. The van der Waals surface area contributed by atoms with E-state index >= 15 is 0 Å². The second-order valence-electron chi connectivity index (χ2n) is 7.87. The highest BCUT2D eigenvalue weighted by Crippen LogP contribution is 2.20. The molecule has 0 aromatic heterocycles. The highest BCUT2D eigenvalue weighted by molar-refractivity contribution is 7.89. The number of hydrogen-bond acceptors (Lipinski definition) is 5. The van der Waals surface area contributed by atoms with Gasteiger partial charge in [0.25, 0.3) is 0 Å². The van der Waals surface area contributed by atoms with Gasteiger partial charge in [-0.1, -0.05) is 74.5 Å². The van der Waals surface area contributed by atoms with Crippen molar-refractivity contribution < 1.29 is 18.0 Å². The maximum absolute atomic E-state index is 13.1. The number of Topliss-reactive ketones (excluding diaryl/α,β-unsaturated/α-hetero) is 2. The third-order valence-corrected chi connectivity index (χ3v) is 6.66. The first kappa shape index (κ1) is 22.8. The van der Waals surface area contributed by atoms with Crippen LogP contribution in [0.3, 0.4) is 0 Å². The zero-order valence-corrected chi connectivity index (χ0v) is 18.3. The van der Waals surface area contributed by atoms with Gasteiger partial charge in [0.15, 0.2) is 0 Å². The van der Waals surface area contributed by atoms with Gasteiger partial charge in [-0.25, -0.2) is 8.42 Å². The molecule has 3 aromatic carbocycles.